The molecule has 9 heteroatoms. The molecule has 0 aliphatic carbocycles. The molecule has 0 aliphatic rings. The summed E-state index contributed by atoms with van der Waals surface area (Å²) in [4.78, 5) is 20.2. The average molecular weight is 312 g/mol. The standard InChI is InChI=1S/C12H8ClF2N5O/c13-10-3-9-8(4-16-10)11(21)19(6-17-9)5-7-1-2-20(18-7)12(14)15/h1-4,6,12H,5H2. The topological polar surface area (TPSA) is 65.6 Å². The summed E-state index contributed by atoms with van der Waals surface area (Å²) in [5.74, 6) is 0. The molecule has 3 aromatic heterocycles. The summed E-state index contributed by atoms with van der Waals surface area (Å²) in [6, 6.07) is 2.90. The van der Waals surface area contributed by atoms with Crippen molar-refractivity contribution in [1.29, 1.82) is 0 Å². The molecule has 0 unspecified atom stereocenters. The Labute approximate surface area is 121 Å². The van der Waals surface area contributed by atoms with Gasteiger partial charge in [0.1, 0.15) is 5.15 Å². The maximum Gasteiger partial charge on any atom is 0.333 e. The second-order valence-corrected chi connectivity index (χ2v) is 4.65. The number of pyridine rings is 1. The molecule has 3 aromatic rings. The van der Waals surface area contributed by atoms with Crippen LogP contribution in [0, 0.1) is 0 Å². The highest BCUT2D eigenvalue weighted by Crippen LogP contribution is 2.12. The number of aromatic nitrogens is 5. The Morgan fingerprint density at radius 1 is 1.33 bits per heavy atom. The lowest BCUT2D eigenvalue weighted by molar-refractivity contribution is 0.0561. The van der Waals surface area contributed by atoms with Gasteiger partial charge in [0.05, 0.1) is 29.5 Å². The third kappa shape index (κ3) is 2.62. The molecule has 0 amide bonds. The minimum atomic E-state index is -2.71. The quantitative estimate of drug-likeness (QED) is 0.695. The van der Waals surface area contributed by atoms with E-state index in [-0.39, 0.29) is 17.3 Å². The summed E-state index contributed by atoms with van der Waals surface area (Å²) < 4.78 is 26.7. The second-order valence-electron chi connectivity index (χ2n) is 4.27. The Morgan fingerprint density at radius 2 is 2.14 bits per heavy atom. The van der Waals surface area contributed by atoms with E-state index in [0.717, 1.165) is 6.20 Å². The van der Waals surface area contributed by atoms with Gasteiger partial charge in [-0.1, -0.05) is 11.6 Å². The first-order valence-electron chi connectivity index (χ1n) is 5.87. The van der Waals surface area contributed by atoms with Crippen molar-refractivity contribution in [2.45, 2.75) is 13.1 Å². The molecule has 0 atom stereocenters. The van der Waals surface area contributed by atoms with E-state index in [1.54, 1.807) is 0 Å². The molecular weight excluding hydrogens is 304 g/mol. The molecule has 3 heterocycles. The zero-order valence-corrected chi connectivity index (χ0v) is 11.2. The minimum absolute atomic E-state index is 0.0458. The molecule has 3 rings (SSSR count). The van der Waals surface area contributed by atoms with Crippen LogP contribution in [0.3, 0.4) is 0 Å². The monoisotopic (exact) mass is 311 g/mol. The SMILES string of the molecule is O=c1c2cnc(Cl)cc2ncn1Cc1ccn(C(F)F)n1. The number of halogens is 3. The molecule has 6 nitrogen and oxygen atoms in total. The number of hydrogen-bond donors (Lipinski definition) is 0. The van der Waals surface area contributed by atoms with Crippen molar-refractivity contribution in [3.8, 4) is 0 Å². The van der Waals surface area contributed by atoms with E-state index in [1.807, 2.05) is 0 Å². The summed E-state index contributed by atoms with van der Waals surface area (Å²) in [7, 11) is 0. The number of alkyl halides is 2. The molecule has 108 valence electrons. The lowest BCUT2D eigenvalue weighted by Crippen LogP contribution is -2.21. The average Bonchev–Trinajstić information content (AvgIpc) is 2.91. The molecule has 21 heavy (non-hydrogen) atoms. The van der Waals surface area contributed by atoms with Crippen molar-refractivity contribution in [3.05, 3.63) is 52.1 Å². The fraction of sp³-hybridized carbons (Fsp3) is 0.167. The third-order valence-electron chi connectivity index (χ3n) is 2.87. The van der Waals surface area contributed by atoms with E-state index >= 15 is 0 Å². The first-order valence-corrected chi connectivity index (χ1v) is 6.25. The van der Waals surface area contributed by atoms with Gasteiger partial charge in [0, 0.05) is 18.5 Å². The van der Waals surface area contributed by atoms with Crippen LogP contribution in [-0.4, -0.2) is 24.3 Å². The van der Waals surface area contributed by atoms with E-state index in [0.29, 0.717) is 21.3 Å². The Balaban J connectivity index is 1.99. The largest absolute Gasteiger partial charge is 0.333 e. The molecule has 0 saturated carbocycles. The lowest BCUT2D eigenvalue weighted by Gasteiger charge is -2.04. The summed E-state index contributed by atoms with van der Waals surface area (Å²) in [6.07, 6.45) is 3.81. The van der Waals surface area contributed by atoms with Gasteiger partial charge in [-0.3, -0.25) is 9.36 Å². The molecule has 0 radical (unpaired) electrons. The highest BCUT2D eigenvalue weighted by molar-refractivity contribution is 6.29. The highest BCUT2D eigenvalue weighted by Gasteiger charge is 2.10. The van der Waals surface area contributed by atoms with Crippen molar-refractivity contribution in [2.75, 3.05) is 0 Å². The fourth-order valence-electron chi connectivity index (χ4n) is 1.89. The van der Waals surface area contributed by atoms with Crippen molar-refractivity contribution >= 4 is 22.5 Å². The summed E-state index contributed by atoms with van der Waals surface area (Å²) >= 11 is 5.73. The van der Waals surface area contributed by atoms with E-state index in [9.17, 15) is 13.6 Å². The summed E-state index contributed by atoms with van der Waals surface area (Å²) in [5, 5.41) is 4.22. The van der Waals surface area contributed by atoms with Crippen molar-refractivity contribution in [2.24, 2.45) is 0 Å². The highest BCUT2D eigenvalue weighted by atomic mass is 35.5. The predicted molar refractivity (Wildman–Crippen MR) is 71.4 cm³/mol. The van der Waals surface area contributed by atoms with Gasteiger partial charge < -0.3 is 0 Å². The number of nitrogens with zero attached hydrogens (tertiary/aromatic N) is 5. The molecule has 0 aliphatic heterocycles. The Hall–Kier alpha value is -2.35. The van der Waals surface area contributed by atoms with Crippen LogP contribution in [0.5, 0.6) is 0 Å². The predicted octanol–water partition coefficient (Wildman–Crippen LogP) is 2.08. The third-order valence-corrected chi connectivity index (χ3v) is 3.08. The first-order chi connectivity index (χ1) is 10.0. The summed E-state index contributed by atoms with van der Waals surface area (Å²) in [6.45, 7) is -2.67. The number of fused-ring (bicyclic) bond motifs is 1. The zero-order valence-electron chi connectivity index (χ0n) is 10.4. The van der Waals surface area contributed by atoms with E-state index < -0.39 is 6.55 Å². The molecule has 0 aromatic carbocycles. The smallest absolute Gasteiger partial charge is 0.293 e. The van der Waals surface area contributed by atoms with Crippen molar-refractivity contribution in [3.63, 3.8) is 0 Å². The number of rotatable bonds is 3. The van der Waals surface area contributed by atoms with Gasteiger partial charge in [-0.05, 0) is 6.07 Å². The maximum atomic E-state index is 12.4. The van der Waals surface area contributed by atoms with Gasteiger partial charge >= 0.3 is 6.55 Å². The minimum Gasteiger partial charge on any atom is -0.293 e. The van der Waals surface area contributed by atoms with Crippen LogP contribution in [0.4, 0.5) is 8.78 Å². The van der Waals surface area contributed by atoms with E-state index in [4.69, 9.17) is 11.6 Å². The normalized spacial score (nSPS) is 11.4. The van der Waals surface area contributed by atoms with Crippen LogP contribution in [0.1, 0.15) is 12.2 Å². The van der Waals surface area contributed by atoms with Crippen LogP contribution in [0.15, 0.2) is 35.6 Å². The Kier molecular flexibility index (Phi) is 3.38. The van der Waals surface area contributed by atoms with Crippen LogP contribution in [0.25, 0.3) is 10.9 Å². The van der Waals surface area contributed by atoms with Gasteiger partial charge in [0.2, 0.25) is 0 Å². The Morgan fingerprint density at radius 3 is 2.86 bits per heavy atom. The molecule has 0 N–H and O–H groups in total. The molecule has 0 bridgehead atoms. The second kappa shape index (κ2) is 5.21. The Bertz CT molecular complexity index is 860. The van der Waals surface area contributed by atoms with Gasteiger partial charge in [-0.25, -0.2) is 14.6 Å². The van der Waals surface area contributed by atoms with E-state index in [1.165, 1.54) is 29.2 Å². The van der Waals surface area contributed by atoms with Crippen molar-refractivity contribution in [1.82, 2.24) is 24.3 Å². The zero-order chi connectivity index (χ0) is 15.0. The summed E-state index contributed by atoms with van der Waals surface area (Å²) in [5.41, 5.74) is 0.422. The molecule has 0 saturated heterocycles. The molecule has 0 fully saturated rings. The van der Waals surface area contributed by atoms with Crippen LogP contribution in [-0.2, 0) is 6.54 Å². The van der Waals surface area contributed by atoms with Crippen LogP contribution >= 0.6 is 11.6 Å². The van der Waals surface area contributed by atoms with Gasteiger partial charge in [-0.2, -0.15) is 13.9 Å². The van der Waals surface area contributed by atoms with Gasteiger partial charge in [0.15, 0.2) is 0 Å². The molecular formula is C12H8ClF2N5O. The van der Waals surface area contributed by atoms with E-state index in [2.05, 4.69) is 15.1 Å². The van der Waals surface area contributed by atoms with Crippen LogP contribution in [0.2, 0.25) is 5.15 Å². The first kappa shape index (κ1) is 13.6. The lowest BCUT2D eigenvalue weighted by atomic mass is 10.3. The van der Waals surface area contributed by atoms with Crippen LogP contribution < -0.4 is 5.56 Å². The maximum absolute atomic E-state index is 12.4. The fourth-order valence-corrected chi connectivity index (χ4v) is 2.04. The van der Waals surface area contributed by atoms with Gasteiger partial charge in [0.25, 0.3) is 5.56 Å². The number of hydrogen-bond acceptors (Lipinski definition) is 4. The molecule has 0 spiro atoms. The van der Waals surface area contributed by atoms with Gasteiger partial charge in [-0.15, -0.1) is 0 Å². The van der Waals surface area contributed by atoms with Crippen molar-refractivity contribution < 1.29 is 8.78 Å².